The number of para-hydroxylation sites is 1. The van der Waals surface area contributed by atoms with Gasteiger partial charge in [-0.05, 0) is 31.2 Å². The van der Waals surface area contributed by atoms with E-state index in [1.54, 1.807) is 7.11 Å². The Hall–Kier alpha value is -2.01. The normalized spacial score (nSPS) is 11.6. The molecule has 0 saturated heterocycles. The van der Waals surface area contributed by atoms with Crippen LogP contribution in [-0.4, -0.2) is 19.6 Å². The molecule has 1 unspecified atom stereocenters. The zero-order valence-corrected chi connectivity index (χ0v) is 14.1. The maximum absolute atomic E-state index is 12.0. The van der Waals surface area contributed by atoms with Gasteiger partial charge in [0.2, 0.25) is 0 Å². The fraction of sp³-hybridized carbons (Fsp3) is 0.235. The van der Waals surface area contributed by atoms with E-state index in [1.165, 1.54) is 0 Å². The third-order valence-electron chi connectivity index (χ3n) is 3.15. The second-order valence-electron chi connectivity index (χ2n) is 4.78. The van der Waals surface area contributed by atoms with Crippen molar-refractivity contribution in [2.75, 3.05) is 13.7 Å². The summed E-state index contributed by atoms with van der Waals surface area (Å²) < 4.78 is 11.7. The van der Waals surface area contributed by atoms with Crippen molar-refractivity contribution in [3.63, 3.8) is 0 Å². The van der Waals surface area contributed by atoms with Crippen LogP contribution in [0.1, 0.15) is 18.5 Å². The van der Waals surface area contributed by atoms with Crippen molar-refractivity contribution in [3.05, 3.63) is 58.6 Å². The van der Waals surface area contributed by atoms with Crippen LogP contribution in [0, 0.1) is 0 Å². The highest BCUT2D eigenvalue weighted by molar-refractivity contribution is 9.10. The van der Waals surface area contributed by atoms with E-state index < -0.39 is 0 Å². The van der Waals surface area contributed by atoms with E-state index in [1.807, 2.05) is 55.5 Å². The minimum atomic E-state index is -0.182. The Kier molecular flexibility index (Phi) is 5.83. The van der Waals surface area contributed by atoms with Gasteiger partial charge in [-0.2, -0.15) is 0 Å². The number of ether oxygens (including phenoxy) is 2. The zero-order valence-electron chi connectivity index (χ0n) is 12.5. The summed E-state index contributed by atoms with van der Waals surface area (Å²) in [7, 11) is 1.61. The van der Waals surface area contributed by atoms with Crippen molar-refractivity contribution in [1.29, 1.82) is 0 Å². The van der Waals surface area contributed by atoms with E-state index in [-0.39, 0.29) is 18.6 Å². The highest BCUT2D eigenvalue weighted by Crippen LogP contribution is 2.24. The first-order valence-electron chi connectivity index (χ1n) is 6.91. The Bertz CT molecular complexity index is 645. The molecule has 0 aromatic heterocycles. The molecule has 0 aliphatic rings. The molecule has 0 bridgehead atoms. The summed E-state index contributed by atoms with van der Waals surface area (Å²) in [6, 6.07) is 14.8. The van der Waals surface area contributed by atoms with Gasteiger partial charge in [0.15, 0.2) is 6.61 Å². The number of carbonyl (C=O) groups is 1. The first-order valence-corrected chi connectivity index (χ1v) is 7.70. The summed E-state index contributed by atoms with van der Waals surface area (Å²) in [6.45, 7) is 1.88. The number of carbonyl (C=O) groups excluding carboxylic acids is 1. The second kappa shape index (κ2) is 7.84. The number of hydrogen-bond donors (Lipinski definition) is 1. The summed E-state index contributed by atoms with van der Waals surface area (Å²) in [5.41, 5.74) is 0.931. The molecule has 2 aromatic rings. The van der Waals surface area contributed by atoms with Crippen LogP contribution < -0.4 is 14.8 Å². The Morgan fingerprint density at radius 1 is 1.23 bits per heavy atom. The van der Waals surface area contributed by atoms with E-state index in [0.717, 1.165) is 15.8 Å². The highest BCUT2D eigenvalue weighted by atomic mass is 79.9. The fourth-order valence-electron chi connectivity index (χ4n) is 2.09. The van der Waals surface area contributed by atoms with Crippen molar-refractivity contribution in [2.24, 2.45) is 0 Å². The van der Waals surface area contributed by atoms with Crippen LogP contribution >= 0.6 is 15.9 Å². The Balaban J connectivity index is 1.91. The number of hydrogen-bond acceptors (Lipinski definition) is 3. The molecule has 0 heterocycles. The largest absolute Gasteiger partial charge is 0.496 e. The van der Waals surface area contributed by atoms with Crippen LogP contribution in [-0.2, 0) is 4.79 Å². The summed E-state index contributed by atoms with van der Waals surface area (Å²) in [5.74, 6) is 1.22. The smallest absolute Gasteiger partial charge is 0.258 e. The summed E-state index contributed by atoms with van der Waals surface area (Å²) in [4.78, 5) is 12.0. The first-order chi connectivity index (χ1) is 10.6. The molecule has 0 saturated carbocycles. The van der Waals surface area contributed by atoms with Gasteiger partial charge in [0.25, 0.3) is 5.91 Å². The van der Waals surface area contributed by atoms with E-state index in [2.05, 4.69) is 21.2 Å². The molecule has 0 aliphatic carbocycles. The van der Waals surface area contributed by atoms with Crippen LogP contribution in [0.15, 0.2) is 53.0 Å². The first kappa shape index (κ1) is 16.4. The lowest BCUT2D eigenvalue weighted by Crippen LogP contribution is -2.31. The molecule has 2 rings (SSSR count). The molecule has 116 valence electrons. The van der Waals surface area contributed by atoms with Crippen molar-refractivity contribution < 1.29 is 14.3 Å². The Labute approximate surface area is 138 Å². The molecule has 2 aromatic carbocycles. The van der Waals surface area contributed by atoms with E-state index in [0.29, 0.717) is 5.75 Å². The maximum atomic E-state index is 12.0. The topological polar surface area (TPSA) is 47.6 Å². The van der Waals surface area contributed by atoms with Gasteiger partial charge in [-0.25, -0.2) is 0 Å². The molecule has 0 aliphatic heterocycles. The molecule has 1 amide bonds. The predicted octanol–water partition coefficient (Wildman–Crippen LogP) is 3.71. The minimum absolute atomic E-state index is 0.0318. The van der Waals surface area contributed by atoms with Crippen molar-refractivity contribution in [1.82, 2.24) is 5.32 Å². The summed E-state index contributed by atoms with van der Waals surface area (Å²) in [5, 5.41) is 2.90. The second-order valence-corrected chi connectivity index (χ2v) is 5.69. The maximum Gasteiger partial charge on any atom is 0.258 e. The molecule has 0 radical (unpaired) electrons. The van der Waals surface area contributed by atoms with Gasteiger partial charge in [0.1, 0.15) is 11.5 Å². The average Bonchev–Trinajstić information content (AvgIpc) is 2.53. The molecule has 4 nitrogen and oxygen atoms in total. The van der Waals surface area contributed by atoms with E-state index in [9.17, 15) is 4.79 Å². The molecule has 1 N–H and O–H groups in total. The highest BCUT2D eigenvalue weighted by Gasteiger charge is 2.13. The van der Waals surface area contributed by atoms with Gasteiger partial charge in [0, 0.05) is 10.0 Å². The Morgan fingerprint density at radius 3 is 2.73 bits per heavy atom. The molecular formula is C17H18BrNO3. The number of methoxy groups -OCH3 is 1. The quantitative estimate of drug-likeness (QED) is 0.850. The lowest BCUT2D eigenvalue weighted by atomic mass is 10.1. The Morgan fingerprint density at radius 2 is 2.00 bits per heavy atom. The lowest BCUT2D eigenvalue weighted by molar-refractivity contribution is -0.123. The van der Waals surface area contributed by atoms with Gasteiger partial charge >= 0.3 is 0 Å². The van der Waals surface area contributed by atoms with Gasteiger partial charge < -0.3 is 14.8 Å². The SMILES string of the molecule is COc1ccccc1C(C)NC(=O)COc1cccc(Br)c1. The van der Waals surface area contributed by atoms with Crippen LogP contribution in [0.2, 0.25) is 0 Å². The molecular weight excluding hydrogens is 346 g/mol. The third-order valence-corrected chi connectivity index (χ3v) is 3.64. The third kappa shape index (κ3) is 4.49. The summed E-state index contributed by atoms with van der Waals surface area (Å²) in [6.07, 6.45) is 0. The number of amides is 1. The number of rotatable bonds is 6. The van der Waals surface area contributed by atoms with E-state index >= 15 is 0 Å². The van der Waals surface area contributed by atoms with Crippen LogP contribution in [0.4, 0.5) is 0 Å². The monoisotopic (exact) mass is 363 g/mol. The number of benzene rings is 2. The van der Waals surface area contributed by atoms with Crippen molar-refractivity contribution in [2.45, 2.75) is 13.0 Å². The van der Waals surface area contributed by atoms with Crippen LogP contribution in [0.5, 0.6) is 11.5 Å². The van der Waals surface area contributed by atoms with Crippen LogP contribution in [0.25, 0.3) is 0 Å². The number of nitrogens with one attached hydrogen (secondary N) is 1. The van der Waals surface area contributed by atoms with Gasteiger partial charge in [-0.15, -0.1) is 0 Å². The molecule has 1 atom stereocenters. The van der Waals surface area contributed by atoms with Gasteiger partial charge in [-0.3, -0.25) is 4.79 Å². The average molecular weight is 364 g/mol. The van der Waals surface area contributed by atoms with Gasteiger partial charge in [0.05, 0.1) is 13.2 Å². The van der Waals surface area contributed by atoms with Crippen LogP contribution in [0.3, 0.4) is 0 Å². The minimum Gasteiger partial charge on any atom is -0.496 e. The van der Waals surface area contributed by atoms with Gasteiger partial charge in [-0.1, -0.05) is 40.2 Å². The molecule has 0 spiro atoms. The number of halogens is 1. The zero-order chi connectivity index (χ0) is 15.9. The molecule has 0 fully saturated rings. The molecule has 22 heavy (non-hydrogen) atoms. The van der Waals surface area contributed by atoms with Crippen molar-refractivity contribution in [3.8, 4) is 11.5 Å². The predicted molar refractivity (Wildman–Crippen MR) is 89.2 cm³/mol. The fourth-order valence-corrected chi connectivity index (χ4v) is 2.47. The summed E-state index contributed by atoms with van der Waals surface area (Å²) >= 11 is 3.36. The lowest BCUT2D eigenvalue weighted by Gasteiger charge is -2.17. The van der Waals surface area contributed by atoms with E-state index in [4.69, 9.17) is 9.47 Å². The molecule has 5 heteroatoms. The standard InChI is InChI=1S/C17H18BrNO3/c1-12(15-8-3-4-9-16(15)21-2)19-17(20)11-22-14-7-5-6-13(18)10-14/h3-10,12H,11H2,1-2H3,(H,19,20). The van der Waals surface area contributed by atoms with Crippen molar-refractivity contribution >= 4 is 21.8 Å².